The molecule has 5 heteroatoms. The molecule has 1 aromatic carbocycles. The minimum Gasteiger partial charge on any atom is -0.460 e. The first-order valence-electron chi connectivity index (χ1n) is 4.51. The van der Waals surface area contributed by atoms with Crippen molar-refractivity contribution in [2.24, 2.45) is 0 Å². The van der Waals surface area contributed by atoms with E-state index in [0.29, 0.717) is 0 Å². The van der Waals surface area contributed by atoms with E-state index >= 15 is 0 Å². The number of rotatable bonds is 0. The lowest BCUT2D eigenvalue weighted by atomic mass is 10.1. The zero-order valence-corrected chi connectivity index (χ0v) is 8.26. The quantitative estimate of drug-likeness (QED) is 0.693. The van der Waals surface area contributed by atoms with E-state index in [2.05, 4.69) is 0 Å². The average molecular weight is 228 g/mol. The van der Waals surface area contributed by atoms with Gasteiger partial charge in [0.05, 0.1) is 5.39 Å². The molecule has 0 atom stereocenters. The topological polar surface area (TPSA) is 30.2 Å². The van der Waals surface area contributed by atoms with Crippen molar-refractivity contribution in [3.05, 3.63) is 45.8 Å². The van der Waals surface area contributed by atoms with Crippen LogP contribution in [0.5, 0.6) is 0 Å². The van der Waals surface area contributed by atoms with E-state index in [1.807, 2.05) is 0 Å². The summed E-state index contributed by atoms with van der Waals surface area (Å²) in [5.41, 5.74) is -2.10. The molecule has 0 radical (unpaired) electrons. The number of aryl methyl sites for hydroxylation is 1. The molecule has 0 bridgehead atoms. The first-order valence-corrected chi connectivity index (χ1v) is 4.51. The fraction of sp³-hybridized carbons (Fsp3) is 0.182. The smallest absolute Gasteiger partial charge is 0.423 e. The van der Waals surface area contributed by atoms with Crippen molar-refractivity contribution in [1.29, 1.82) is 0 Å². The Labute approximate surface area is 88.3 Å². The number of para-hydroxylation sites is 1. The van der Waals surface area contributed by atoms with Crippen molar-refractivity contribution >= 4 is 11.0 Å². The standard InChI is InChI=1S/C11H7F3O2/c1-6-9(11(12,13)14)10(15)7-4-2-3-5-8(7)16-6/h2-5H,1H3. The summed E-state index contributed by atoms with van der Waals surface area (Å²) >= 11 is 0. The number of halogens is 3. The molecule has 0 aliphatic carbocycles. The summed E-state index contributed by atoms with van der Waals surface area (Å²) in [5.74, 6) is -0.406. The van der Waals surface area contributed by atoms with Crippen LogP contribution < -0.4 is 5.43 Å². The van der Waals surface area contributed by atoms with Gasteiger partial charge >= 0.3 is 6.18 Å². The normalized spacial score (nSPS) is 12.0. The SMILES string of the molecule is Cc1oc2ccccc2c(=O)c1C(F)(F)F. The molecular weight excluding hydrogens is 221 g/mol. The molecule has 0 unspecified atom stereocenters. The van der Waals surface area contributed by atoms with E-state index in [0.717, 1.165) is 6.92 Å². The summed E-state index contributed by atoms with van der Waals surface area (Å²) in [6.07, 6.45) is -4.69. The van der Waals surface area contributed by atoms with Gasteiger partial charge in [-0.15, -0.1) is 0 Å². The van der Waals surface area contributed by atoms with Crippen LogP contribution in [0.4, 0.5) is 13.2 Å². The molecule has 16 heavy (non-hydrogen) atoms. The Morgan fingerprint density at radius 2 is 1.81 bits per heavy atom. The number of alkyl halides is 3. The molecule has 0 spiro atoms. The van der Waals surface area contributed by atoms with Gasteiger partial charge in [0.2, 0.25) is 5.43 Å². The monoisotopic (exact) mass is 228 g/mol. The minimum atomic E-state index is -4.69. The summed E-state index contributed by atoms with van der Waals surface area (Å²) < 4.78 is 42.7. The fourth-order valence-electron chi connectivity index (χ4n) is 1.58. The van der Waals surface area contributed by atoms with Crippen LogP contribution in [0.25, 0.3) is 11.0 Å². The second-order valence-corrected chi connectivity index (χ2v) is 3.36. The Bertz CT molecular complexity index is 596. The third kappa shape index (κ3) is 1.58. The molecule has 0 saturated heterocycles. The minimum absolute atomic E-state index is 0.0552. The van der Waals surface area contributed by atoms with Gasteiger partial charge in [0.15, 0.2) is 0 Å². The van der Waals surface area contributed by atoms with Gasteiger partial charge in [-0.25, -0.2) is 0 Å². The van der Waals surface area contributed by atoms with Gasteiger partial charge < -0.3 is 4.42 Å². The van der Waals surface area contributed by atoms with E-state index < -0.39 is 22.9 Å². The Morgan fingerprint density at radius 1 is 1.19 bits per heavy atom. The van der Waals surface area contributed by atoms with E-state index in [4.69, 9.17) is 4.42 Å². The van der Waals surface area contributed by atoms with Crippen molar-refractivity contribution in [3.63, 3.8) is 0 Å². The number of fused-ring (bicyclic) bond motifs is 1. The zero-order chi connectivity index (χ0) is 11.9. The maximum absolute atomic E-state index is 12.6. The van der Waals surface area contributed by atoms with E-state index in [1.165, 1.54) is 18.2 Å². The third-order valence-electron chi connectivity index (χ3n) is 2.26. The lowest BCUT2D eigenvalue weighted by molar-refractivity contribution is -0.139. The van der Waals surface area contributed by atoms with Crippen LogP contribution in [-0.2, 0) is 6.18 Å². The predicted octanol–water partition coefficient (Wildman–Crippen LogP) is 3.12. The van der Waals surface area contributed by atoms with Crippen LogP contribution >= 0.6 is 0 Å². The number of hydrogen-bond donors (Lipinski definition) is 0. The second-order valence-electron chi connectivity index (χ2n) is 3.36. The number of benzene rings is 1. The molecule has 2 aromatic rings. The van der Waals surface area contributed by atoms with Gasteiger partial charge in [-0.05, 0) is 19.1 Å². The average Bonchev–Trinajstić information content (AvgIpc) is 2.15. The predicted molar refractivity (Wildman–Crippen MR) is 52.2 cm³/mol. The highest BCUT2D eigenvalue weighted by Gasteiger charge is 2.37. The van der Waals surface area contributed by atoms with Crippen molar-refractivity contribution < 1.29 is 17.6 Å². The first-order chi connectivity index (χ1) is 7.41. The molecule has 1 heterocycles. The molecule has 0 fully saturated rings. The molecular formula is C11H7F3O2. The number of hydrogen-bond acceptors (Lipinski definition) is 2. The summed E-state index contributed by atoms with van der Waals surface area (Å²) in [5, 5.41) is -0.0552. The van der Waals surface area contributed by atoms with Crippen LogP contribution in [-0.4, -0.2) is 0 Å². The molecule has 1 aromatic heterocycles. The Kier molecular flexibility index (Phi) is 2.26. The van der Waals surface area contributed by atoms with Gasteiger partial charge in [0.1, 0.15) is 16.9 Å². The molecule has 0 saturated carbocycles. The van der Waals surface area contributed by atoms with Gasteiger partial charge in [-0.2, -0.15) is 13.2 Å². The first kappa shape index (κ1) is 10.7. The highest BCUT2D eigenvalue weighted by molar-refractivity contribution is 5.77. The van der Waals surface area contributed by atoms with E-state index in [9.17, 15) is 18.0 Å². The Morgan fingerprint density at radius 3 is 2.44 bits per heavy atom. The van der Waals surface area contributed by atoms with Crippen molar-refractivity contribution in [1.82, 2.24) is 0 Å². The largest absolute Gasteiger partial charge is 0.460 e. The van der Waals surface area contributed by atoms with Crippen LogP contribution in [0.15, 0.2) is 33.5 Å². The highest BCUT2D eigenvalue weighted by atomic mass is 19.4. The lowest BCUT2D eigenvalue weighted by Gasteiger charge is -2.09. The van der Waals surface area contributed by atoms with E-state index in [1.54, 1.807) is 6.07 Å². The third-order valence-corrected chi connectivity index (χ3v) is 2.26. The molecule has 2 nitrogen and oxygen atoms in total. The van der Waals surface area contributed by atoms with Gasteiger partial charge in [0.25, 0.3) is 0 Å². The summed E-state index contributed by atoms with van der Waals surface area (Å²) in [4.78, 5) is 11.6. The van der Waals surface area contributed by atoms with Crippen LogP contribution in [0.1, 0.15) is 11.3 Å². The van der Waals surface area contributed by atoms with Crippen molar-refractivity contribution in [2.75, 3.05) is 0 Å². The summed E-state index contributed by atoms with van der Waals surface area (Å²) in [6.45, 7) is 1.14. The molecule has 2 rings (SSSR count). The molecule has 0 aliphatic heterocycles. The van der Waals surface area contributed by atoms with Crippen LogP contribution in [0.2, 0.25) is 0 Å². The molecule has 84 valence electrons. The van der Waals surface area contributed by atoms with Crippen molar-refractivity contribution in [2.45, 2.75) is 13.1 Å². The van der Waals surface area contributed by atoms with Crippen molar-refractivity contribution in [3.8, 4) is 0 Å². The van der Waals surface area contributed by atoms with Crippen LogP contribution in [0, 0.1) is 6.92 Å². The molecule has 0 N–H and O–H groups in total. The second kappa shape index (κ2) is 3.37. The van der Waals surface area contributed by atoms with Gasteiger partial charge in [-0.1, -0.05) is 12.1 Å². The van der Waals surface area contributed by atoms with Gasteiger partial charge in [0, 0.05) is 0 Å². The lowest BCUT2D eigenvalue weighted by Crippen LogP contribution is -2.21. The Balaban J connectivity index is 2.92. The zero-order valence-electron chi connectivity index (χ0n) is 8.26. The maximum Gasteiger partial charge on any atom is 0.423 e. The molecule has 0 amide bonds. The summed E-state index contributed by atoms with van der Waals surface area (Å²) in [6, 6.07) is 5.87. The highest BCUT2D eigenvalue weighted by Crippen LogP contribution is 2.30. The van der Waals surface area contributed by atoms with Gasteiger partial charge in [-0.3, -0.25) is 4.79 Å². The van der Waals surface area contributed by atoms with E-state index in [-0.39, 0.29) is 11.0 Å². The maximum atomic E-state index is 12.6. The van der Waals surface area contributed by atoms with Crippen LogP contribution in [0.3, 0.4) is 0 Å². The molecule has 0 aliphatic rings. The summed E-state index contributed by atoms with van der Waals surface area (Å²) in [7, 11) is 0. The fourth-order valence-corrected chi connectivity index (χ4v) is 1.58. The Hall–Kier alpha value is -1.78.